The highest BCUT2D eigenvalue weighted by Crippen LogP contribution is 2.68. The highest BCUT2D eigenvalue weighted by atomic mass is 32.2. The molecule has 0 bridgehead atoms. The molecule has 0 aromatic carbocycles. The number of imidazole rings is 1. The molecule has 1 aliphatic rings. The van der Waals surface area contributed by atoms with Crippen molar-refractivity contribution in [3.8, 4) is 0 Å². The van der Waals surface area contributed by atoms with Crippen molar-refractivity contribution in [2.24, 2.45) is 16.7 Å². The van der Waals surface area contributed by atoms with Gasteiger partial charge in [0.25, 0.3) is 10.0 Å². The average molecular weight is 313 g/mol. The molecule has 0 atom stereocenters. The normalized spacial score (nSPS) is 20.5. The van der Waals surface area contributed by atoms with Crippen LogP contribution < -0.4 is 4.72 Å². The average Bonchev–Trinajstić information content (AvgIpc) is 2.69. The maximum atomic E-state index is 12.2. The molecule has 1 fully saturated rings. The Morgan fingerprint density at radius 1 is 1.29 bits per heavy atom. The summed E-state index contributed by atoms with van der Waals surface area (Å²) in [7, 11) is -3.91. The Morgan fingerprint density at radius 2 is 1.81 bits per heavy atom. The fraction of sp³-hybridized carbons (Fsp3) is 0.714. The Bertz CT molecular complexity index is 657. The van der Waals surface area contributed by atoms with Gasteiger partial charge in [-0.15, -0.1) is 0 Å². The molecule has 21 heavy (non-hydrogen) atoms. The highest BCUT2D eigenvalue weighted by molar-refractivity contribution is 7.90. The highest BCUT2D eigenvalue weighted by Gasteiger charge is 2.68. The molecule has 1 heterocycles. The molecule has 0 unspecified atom stereocenters. The lowest BCUT2D eigenvalue weighted by Gasteiger charge is -2.06. The number of carbonyl (C=O) groups is 1. The summed E-state index contributed by atoms with van der Waals surface area (Å²) in [6, 6.07) is 0.110. The molecular weight excluding hydrogens is 290 g/mol. The number of carbonyl (C=O) groups excluding carboxylic acids is 1. The number of nitrogens with zero attached hydrogens (tertiary/aromatic N) is 2. The number of hydrogen-bond donors (Lipinski definition) is 1. The van der Waals surface area contributed by atoms with Gasteiger partial charge in [-0.05, 0) is 24.7 Å². The van der Waals surface area contributed by atoms with Gasteiger partial charge >= 0.3 is 0 Å². The molecule has 0 radical (unpaired) electrons. The Balaban J connectivity index is 2.17. The second kappa shape index (κ2) is 4.56. The molecule has 7 heteroatoms. The second-order valence-electron chi connectivity index (χ2n) is 7.10. The Morgan fingerprint density at radius 3 is 2.19 bits per heavy atom. The summed E-state index contributed by atoms with van der Waals surface area (Å²) in [6.07, 6.45) is 2.89. The van der Waals surface area contributed by atoms with E-state index in [9.17, 15) is 13.2 Å². The van der Waals surface area contributed by atoms with Crippen LogP contribution in [0.15, 0.2) is 17.6 Å². The number of hydrogen-bond acceptors (Lipinski definition) is 4. The zero-order chi connectivity index (χ0) is 16.2. The number of amides is 1. The van der Waals surface area contributed by atoms with Crippen molar-refractivity contribution in [1.29, 1.82) is 0 Å². The third-order valence-corrected chi connectivity index (χ3v) is 6.20. The lowest BCUT2D eigenvalue weighted by molar-refractivity contribution is -0.121. The van der Waals surface area contributed by atoms with Gasteiger partial charge in [-0.2, -0.15) is 8.42 Å². The quantitative estimate of drug-likeness (QED) is 0.921. The topological polar surface area (TPSA) is 81.1 Å². The molecular formula is C14H23N3O3S. The predicted octanol–water partition coefficient (Wildman–Crippen LogP) is 1.95. The number of rotatable bonds is 4. The fourth-order valence-electron chi connectivity index (χ4n) is 2.83. The minimum absolute atomic E-state index is 0.110. The van der Waals surface area contributed by atoms with E-state index in [1.54, 1.807) is 4.57 Å². The lowest BCUT2D eigenvalue weighted by atomic mass is 10.0. The molecule has 1 N–H and O–H groups in total. The van der Waals surface area contributed by atoms with E-state index in [0.29, 0.717) is 0 Å². The van der Waals surface area contributed by atoms with Crippen molar-refractivity contribution >= 4 is 15.9 Å². The molecule has 2 rings (SSSR count). The van der Waals surface area contributed by atoms with Crippen molar-refractivity contribution < 1.29 is 13.2 Å². The molecule has 1 aromatic rings. The summed E-state index contributed by atoms with van der Waals surface area (Å²) in [5.74, 6) is -0.768. The number of aromatic nitrogens is 2. The van der Waals surface area contributed by atoms with Crippen LogP contribution in [0.4, 0.5) is 0 Å². The fourth-order valence-corrected chi connectivity index (χ4v) is 3.77. The summed E-state index contributed by atoms with van der Waals surface area (Å²) in [5, 5.41) is -0.124. The van der Waals surface area contributed by atoms with Crippen molar-refractivity contribution in [2.75, 3.05) is 0 Å². The van der Waals surface area contributed by atoms with Gasteiger partial charge in [0.2, 0.25) is 5.91 Å². The first kappa shape index (κ1) is 16.0. The minimum Gasteiger partial charge on any atom is -0.334 e. The van der Waals surface area contributed by atoms with Crippen molar-refractivity contribution in [3.05, 3.63) is 12.5 Å². The summed E-state index contributed by atoms with van der Waals surface area (Å²) >= 11 is 0. The maximum Gasteiger partial charge on any atom is 0.283 e. The third-order valence-electron chi connectivity index (χ3n) is 4.97. The van der Waals surface area contributed by atoms with Crippen LogP contribution in [-0.4, -0.2) is 23.9 Å². The molecule has 1 aliphatic carbocycles. The molecule has 0 spiro atoms. The van der Waals surface area contributed by atoms with Crippen LogP contribution in [0.2, 0.25) is 0 Å². The second-order valence-corrected chi connectivity index (χ2v) is 8.73. The summed E-state index contributed by atoms with van der Waals surface area (Å²) < 4.78 is 28.3. The Hall–Kier alpha value is -1.37. The zero-order valence-electron chi connectivity index (χ0n) is 13.3. The zero-order valence-corrected chi connectivity index (χ0v) is 14.2. The molecule has 118 valence electrons. The van der Waals surface area contributed by atoms with E-state index in [2.05, 4.69) is 9.71 Å². The van der Waals surface area contributed by atoms with E-state index < -0.39 is 15.9 Å². The van der Waals surface area contributed by atoms with Crippen LogP contribution in [0.3, 0.4) is 0 Å². The van der Waals surface area contributed by atoms with Crippen LogP contribution in [0.25, 0.3) is 0 Å². The summed E-state index contributed by atoms with van der Waals surface area (Å²) in [5.41, 5.74) is -0.409. The van der Waals surface area contributed by atoms with Crippen LogP contribution in [-0.2, 0) is 14.8 Å². The summed E-state index contributed by atoms with van der Waals surface area (Å²) in [6.45, 7) is 11.7. The molecule has 1 saturated carbocycles. The van der Waals surface area contributed by atoms with E-state index in [-0.39, 0.29) is 27.8 Å². The Kier molecular flexibility index (Phi) is 3.48. The van der Waals surface area contributed by atoms with Gasteiger partial charge < -0.3 is 4.57 Å². The van der Waals surface area contributed by atoms with Gasteiger partial charge in [-0.25, -0.2) is 9.71 Å². The molecule has 0 aliphatic heterocycles. The minimum atomic E-state index is -3.91. The molecule has 6 nitrogen and oxygen atoms in total. The van der Waals surface area contributed by atoms with Crippen LogP contribution >= 0.6 is 0 Å². The maximum absolute atomic E-state index is 12.2. The van der Waals surface area contributed by atoms with Gasteiger partial charge in [0, 0.05) is 12.2 Å². The van der Waals surface area contributed by atoms with Crippen LogP contribution in [0.1, 0.15) is 47.6 Å². The first-order valence-corrected chi connectivity index (χ1v) is 8.49. The van der Waals surface area contributed by atoms with E-state index >= 15 is 0 Å². The van der Waals surface area contributed by atoms with Crippen molar-refractivity contribution in [1.82, 2.24) is 14.3 Å². The molecule has 1 amide bonds. The van der Waals surface area contributed by atoms with Crippen molar-refractivity contribution in [2.45, 2.75) is 52.6 Å². The largest absolute Gasteiger partial charge is 0.334 e. The smallest absolute Gasteiger partial charge is 0.283 e. The van der Waals surface area contributed by atoms with Crippen LogP contribution in [0, 0.1) is 16.7 Å². The van der Waals surface area contributed by atoms with Gasteiger partial charge in [0.1, 0.15) is 0 Å². The van der Waals surface area contributed by atoms with E-state index in [1.165, 1.54) is 12.5 Å². The van der Waals surface area contributed by atoms with E-state index in [1.807, 2.05) is 41.5 Å². The van der Waals surface area contributed by atoms with Crippen molar-refractivity contribution in [3.63, 3.8) is 0 Å². The number of sulfonamides is 1. The van der Waals surface area contributed by atoms with E-state index in [4.69, 9.17) is 0 Å². The summed E-state index contributed by atoms with van der Waals surface area (Å²) in [4.78, 5) is 16.1. The first-order chi connectivity index (χ1) is 9.41. The lowest BCUT2D eigenvalue weighted by Crippen LogP contribution is -2.33. The molecule has 1 aromatic heterocycles. The van der Waals surface area contributed by atoms with Gasteiger partial charge in [-0.3, -0.25) is 4.79 Å². The Labute approximate surface area is 126 Å². The first-order valence-electron chi connectivity index (χ1n) is 7.01. The van der Waals surface area contributed by atoms with E-state index in [0.717, 1.165) is 0 Å². The standard InChI is InChI=1S/C14H23N3O3S/c1-9(2)17-7-10(15-8-17)21(19,20)16-12(18)11-13(3,4)14(11,5)6/h7-9,11H,1-6H3,(H,16,18). The third kappa shape index (κ3) is 2.47. The predicted molar refractivity (Wildman–Crippen MR) is 79.0 cm³/mol. The van der Waals surface area contributed by atoms with Gasteiger partial charge in [-0.1, -0.05) is 27.7 Å². The molecule has 0 saturated heterocycles. The van der Waals surface area contributed by atoms with Gasteiger partial charge in [0.15, 0.2) is 5.03 Å². The van der Waals surface area contributed by atoms with Crippen LogP contribution in [0.5, 0.6) is 0 Å². The number of nitrogens with one attached hydrogen (secondary N) is 1. The monoisotopic (exact) mass is 313 g/mol. The van der Waals surface area contributed by atoms with Gasteiger partial charge in [0.05, 0.1) is 12.2 Å². The SMILES string of the molecule is CC(C)n1cnc(S(=O)(=O)NC(=O)C2C(C)(C)C2(C)C)c1.